The Bertz CT molecular complexity index is 381. The normalized spacial score (nSPS) is 20.5. The minimum Gasteiger partial charge on any atom is -0.370 e. The molecule has 0 spiro atoms. The Hall–Kier alpha value is -1.60. The lowest BCUT2D eigenvalue weighted by atomic mass is 10.1. The van der Waals surface area contributed by atoms with Crippen molar-refractivity contribution in [3.05, 3.63) is 6.07 Å². The lowest BCUT2D eigenvalue weighted by molar-refractivity contribution is 0.399. The molecule has 6 N–H and O–H groups in total. The van der Waals surface area contributed by atoms with Gasteiger partial charge < -0.3 is 21.4 Å². The Morgan fingerprint density at radius 1 is 1.47 bits per heavy atom. The van der Waals surface area contributed by atoms with Crippen LogP contribution in [0.2, 0.25) is 0 Å². The van der Waals surface area contributed by atoms with Gasteiger partial charge in [-0.1, -0.05) is 0 Å². The van der Waals surface area contributed by atoms with E-state index in [-0.39, 0.29) is 5.95 Å². The number of hydrogen-bond acceptors (Lipinski definition) is 7. The highest BCUT2D eigenvalue weighted by Crippen LogP contribution is 2.16. The highest BCUT2D eigenvalue weighted by atomic mass is 15.3. The minimum atomic E-state index is 0.214. The van der Waals surface area contributed by atoms with E-state index in [0.29, 0.717) is 17.6 Å². The van der Waals surface area contributed by atoms with Gasteiger partial charge in [0.05, 0.1) is 0 Å². The third kappa shape index (κ3) is 3.18. The second-order valence-corrected chi connectivity index (χ2v) is 4.44. The standard InChI is InChI=1S/C10H19N7/c1-17-3-2-7(6-17)5-13-8-4-9(16-12)15-10(11)14-8/h4,7H,2-3,5-6,12H2,1H3,(H4,11,13,14,15,16). The molecule has 0 aromatic carbocycles. The van der Waals surface area contributed by atoms with Crippen LogP contribution in [0.15, 0.2) is 6.07 Å². The number of hydrogen-bond donors (Lipinski definition) is 4. The van der Waals surface area contributed by atoms with Crippen LogP contribution >= 0.6 is 0 Å². The van der Waals surface area contributed by atoms with Crippen molar-refractivity contribution in [2.75, 3.05) is 43.2 Å². The molecule has 1 saturated heterocycles. The van der Waals surface area contributed by atoms with Crippen LogP contribution in [0.3, 0.4) is 0 Å². The van der Waals surface area contributed by atoms with Gasteiger partial charge in [-0.05, 0) is 25.9 Å². The first-order chi connectivity index (χ1) is 8.17. The van der Waals surface area contributed by atoms with Gasteiger partial charge in [-0.25, -0.2) is 5.84 Å². The third-order valence-electron chi connectivity index (χ3n) is 2.95. The zero-order valence-corrected chi connectivity index (χ0v) is 9.98. The average Bonchev–Trinajstić information content (AvgIpc) is 2.72. The number of anilines is 3. The van der Waals surface area contributed by atoms with Gasteiger partial charge in [0.25, 0.3) is 0 Å². The molecule has 2 rings (SSSR count). The van der Waals surface area contributed by atoms with E-state index >= 15 is 0 Å². The number of likely N-dealkylation sites (tertiary alicyclic amines) is 1. The summed E-state index contributed by atoms with van der Waals surface area (Å²) in [6, 6.07) is 1.75. The smallest absolute Gasteiger partial charge is 0.223 e. The third-order valence-corrected chi connectivity index (χ3v) is 2.95. The summed E-state index contributed by atoms with van der Waals surface area (Å²) in [4.78, 5) is 10.4. The lowest BCUT2D eigenvalue weighted by Gasteiger charge is -2.12. The molecule has 0 bridgehead atoms. The van der Waals surface area contributed by atoms with E-state index in [1.807, 2.05) is 0 Å². The zero-order chi connectivity index (χ0) is 12.3. The second kappa shape index (κ2) is 5.15. The monoisotopic (exact) mass is 237 g/mol. The van der Waals surface area contributed by atoms with Gasteiger partial charge in [0.15, 0.2) is 0 Å². The first-order valence-corrected chi connectivity index (χ1v) is 5.71. The quantitative estimate of drug-likeness (QED) is 0.421. The van der Waals surface area contributed by atoms with Crippen molar-refractivity contribution in [3.8, 4) is 0 Å². The van der Waals surface area contributed by atoms with E-state index < -0.39 is 0 Å². The topological polar surface area (TPSA) is 105 Å². The van der Waals surface area contributed by atoms with E-state index in [1.54, 1.807) is 6.07 Å². The zero-order valence-electron chi connectivity index (χ0n) is 9.98. The average molecular weight is 237 g/mol. The molecule has 1 aliphatic heterocycles. The van der Waals surface area contributed by atoms with Gasteiger partial charge in [-0.15, -0.1) is 0 Å². The van der Waals surface area contributed by atoms with Gasteiger partial charge in [-0.2, -0.15) is 9.97 Å². The summed E-state index contributed by atoms with van der Waals surface area (Å²) in [5.41, 5.74) is 8.04. The van der Waals surface area contributed by atoms with Crippen molar-refractivity contribution in [3.63, 3.8) is 0 Å². The Morgan fingerprint density at radius 2 is 2.24 bits per heavy atom. The van der Waals surface area contributed by atoms with Crippen molar-refractivity contribution >= 4 is 17.6 Å². The van der Waals surface area contributed by atoms with E-state index in [1.165, 1.54) is 6.42 Å². The fourth-order valence-electron chi connectivity index (χ4n) is 2.07. The molecule has 0 aliphatic carbocycles. The molecule has 7 heteroatoms. The number of nitrogens with zero attached hydrogens (tertiary/aromatic N) is 3. The predicted molar refractivity (Wildman–Crippen MR) is 68.3 cm³/mol. The summed E-state index contributed by atoms with van der Waals surface area (Å²) < 4.78 is 0. The summed E-state index contributed by atoms with van der Waals surface area (Å²) in [6.45, 7) is 3.17. The molecule has 0 amide bonds. The van der Waals surface area contributed by atoms with Gasteiger partial charge >= 0.3 is 0 Å². The summed E-state index contributed by atoms with van der Waals surface area (Å²) in [5, 5.41) is 3.27. The number of aromatic nitrogens is 2. The van der Waals surface area contributed by atoms with Gasteiger partial charge in [-0.3, -0.25) is 0 Å². The first kappa shape index (κ1) is 11.9. The van der Waals surface area contributed by atoms with E-state index in [9.17, 15) is 0 Å². The number of nitrogens with one attached hydrogen (secondary N) is 2. The SMILES string of the molecule is CN1CCC(CNc2cc(NN)nc(N)n2)C1. The molecule has 2 heterocycles. The first-order valence-electron chi connectivity index (χ1n) is 5.71. The molecule has 7 nitrogen and oxygen atoms in total. The number of nitrogen functional groups attached to an aromatic ring is 2. The Morgan fingerprint density at radius 3 is 2.88 bits per heavy atom. The number of rotatable bonds is 4. The van der Waals surface area contributed by atoms with Gasteiger partial charge in [0, 0.05) is 19.2 Å². The lowest BCUT2D eigenvalue weighted by Crippen LogP contribution is -2.20. The van der Waals surface area contributed by atoms with Crippen LogP contribution in [-0.2, 0) is 0 Å². The number of nitrogens with two attached hydrogens (primary N) is 2. The van der Waals surface area contributed by atoms with Crippen molar-refractivity contribution < 1.29 is 0 Å². The molecule has 1 unspecified atom stereocenters. The molecule has 94 valence electrons. The maximum atomic E-state index is 5.57. The Kier molecular flexibility index (Phi) is 3.60. The van der Waals surface area contributed by atoms with Crippen LogP contribution in [-0.4, -0.2) is 41.5 Å². The molecule has 1 fully saturated rings. The highest BCUT2D eigenvalue weighted by molar-refractivity contribution is 5.50. The minimum absolute atomic E-state index is 0.214. The van der Waals surface area contributed by atoms with E-state index in [2.05, 4.69) is 32.7 Å². The molecule has 17 heavy (non-hydrogen) atoms. The summed E-state index contributed by atoms with van der Waals surface area (Å²) in [7, 11) is 2.14. The number of hydrazine groups is 1. The molecule has 1 aliphatic rings. The van der Waals surface area contributed by atoms with Crippen molar-refractivity contribution in [2.24, 2.45) is 11.8 Å². The molecule has 0 radical (unpaired) electrons. The summed E-state index contributed by atoms with van der Waals surface area (Å²) in [5.74, 6) is 7.39. The second-order valence-electron chi connectivity index (χ2n) is 4.44. The van der Waals surface area contributed by atoms with Crippen LogP contribution in [0.5, 0.6) is 0 Å². The predicted octanol–water partition coefficient (Wildman–Crippen LogP) is -0.292. The summed E-state index contributed by atoms with van der Waals surface area (Å²) >= 11 is 0. The van der Waals surface area contributed by atoms with Crippen LogP contribution in [0.1, 0.15) is 6.42 Å². The van der Waals surface area contributed by atoms with Crippen molar-refractivity contribution in [1.29, 1.82) is 0 Å². The molecular formula is C10H19N7. The van der Waals surface area contributed by atoms with E-state index in [4.69, 9.17) is 11.6 Å². The fourth-order valence-corrected chi connectivity index (χ4v) is 2.07. The highest BCUT2D eigenvalue weighted by Gasteiger charge is 2.19. The van der Waals surface area contributed by atoms with Crippen LogP contribution in [0, 0.1) is 5.92 Å². The molecular weight excluding hydrogens is 218 g/mol. The van der Waals surface area contributed by atoms with Crippen molar-refractivity contribution in [1.82, 2.24) is 14.9 Å². The van der Waals surface area contributed by atoms with Crippen LogP contribution in [0.4, 0.5) is 17.6 Å². The van der Waals surface area contributed by atoms with Gasteiger partial charge in [0.2, 0.25) is 5.95 Å². The fraction of sp³-hybridized carbons (Fsp3) is 0.600. The molecule has 1 aromatic rings. The Balaban J connectivity index is 1.92. The largest absolute Gasteiger partial charge is 0.370 e. The summed E-state index contributed by atoms with van der Waals surface area (Å²) in [6.07, 6.45) is 1.21. The Labute approximate surface area is 101 Å². The molecule has 1 atom stereocenters. The molecule has 0 saturated carbocycles. The van der Waals surface area contributed by atoms with Crippen molar-refractivity contribution in [2.45, 2.75) is 6.42 Å². The van der Waals surface area contributed by atoms with Crippen LogP contribution in [0.25, 0.3) is 0 Å². The van der Waals surface area contributed by atoms with Crippen LogP contribution < -0.4 is 22.3 Å². The van der Waals surface area contributed by atoms with E-state index in [0.717, 1.165) is 19.6 Å². The van der Waals surface area contributed by atoms with Gasteiger partial charge in [0.1, 0.15) is 11.6 Å². The maximum absolute atomic E-state index is 5.57. The maximum Gasteiger partial charge on any atom is 0.223 e. The molecule has 1 aromatic heterocycles.